The van der Waals surface area contributed by atoms with Crippen molar-refractivity contribution in [3.05, 3.63) is 88.9 Å². The van der Waals surface area contributed by atoms with Crippen molar-refractivity contribution in [3.8, 4) is 0 Å². The summed E-state index contributed by atoms with van der Waals surface area (Å²) >= 11 is 0. The molecule has 1 fully saturated rings. The summed E-state index contributed by atoms with van der Waals surface area (Å²) in [5.74, 6) is -2.46. The number of benzene rings is 2. The molecule has 1 saturated heterocycles. The maximum atomic E-state index is 13.0. The Hall–Kier alpha value is -4.32. The average molecular weight is 514 g/mol. The highest BCUT2D eigenvalue weighted by Gasteiger charge is 2.38. The second-order valence-electron chi connectivity index (χ2n) is 8.49. The molecular weight excluding hydrogens is 493 g/mol. The number of carbonyl (C=O) groups is 3. The van der Waals surface area contributed by atoms with E-state index in [1.807, 2.05) is 0 Å². The number of piperidine rings is 1. The third kappa shape index (κ3) is 6.09. The number of aliphatic hydroxyl groups excluding tert-OH is 1. The number of aromatic carboxylic acids is 1. The van der Waals surface area contributed by atoms with Gasteiger partial charge in [-0.05, 0) is 41.8 Å². The topological polar surface area (TPSA) is 133 Å². The highest BCUT2D eigenvalue weighted by molar-refractivity contribution is 5.98. The fourth-order valence-corrected chi connectivity index (χ4v) is 3.90. The van der Waals surface area contributed by atoms with Gasteiger partial charge in [0.2, 0.25) is 0 Å². The van der Waals surface area contributed by atoms with Crippen LogP contribution in [0, 0.1) is 0 Å². The van der Waals surface area contributed by atoms with Crippen molar-refractivity contribution in [2.75, 3.05) is 18.4 Å². The molecule has 0 radical (unpaired) electrons. The second-order valence-corrected chi connectivity index (χ2v) is 8.49. The zero-order valence-electron chi connectivity index (χ0n) is 19.1. The summed E-state index contributed by atoms with van der Waals surface area (Å²) in [5.41, 5.74) is 0.987. The summed E-state index contributed by atoms with van der Waals surface area (Å²) in [7, 11) is 0. The molecule has 2 atom stereocenters. The van der Waals surface area contributed by atoms with E-state index in [1.165, 1.54) is 17.0 Å². The maximum absolute atomic E-state index is 13.0. The zero-order chi connectivity index (χ0) is 26.7. The fraction of sp³-hybridized carbons (Fsp3) is 0.240. The van der Waals surface area contributed by atoms with Crippen molar-refractivity contribution in [1.82, 2.24) is 14.9 Å². The molecule has 1 aliphatic rings. The lowest BCUT2D eigenvalue weighted by Gasteiger charge is -2.35. The number of likely N-dealkylation sites (tertiary alicyclic amines) is 1. The molecule has 0 saturated carbocycles. The van der Waals surface area contributed by atoms with Gasteiger partial charge in [0.25, 0.3) is 5.91 Å². The van der Waals surface area contributed by atoms with Crippen LogP contribution < -0.4 is 5.32 Å². The predicted octanol–water partition coefficient (Wildman–Crippen LogP) is 2.65. The lowest BCUT2D eigenvalue weighted by molar-refractivity contribution is -0.141. The minimum absolute atomic E-state index is 0.180. The van der Waals surface area contributed by atoms with E-state index < -0.39 is 41.7 Å². The standard InChI is InChI=1S/C25H21F3N4O5/c26-25(27,28)20-10-29-11-21(31-20)30-18-12-32(13-19(33)22(18)34)23(35)16-5-1-14(2-6-16)9-15-3-7-17(8-4-15)24(36)37/h1-8,10-11,18-19,33H,9,12-13H2,(H,30,31)(H,36,37)/t18-,19-/m0/s1. The molecule has 1 amide bonds. The van der Waals surface area contributed by atoms with Gasteiger partial charge in [-0.1, -0.05) is 24.3 Å². The van der Waals surface area contributed by atoms with Crippen LogP contribution in [0.1, 0.15) is 37.5 Å². The van der Waals surface area contributed by atoms with Crippen LogP contribution in [-0.4, -0.2) is 68.0 Å². The monoisotopic (exact) mass is 514 g/mol. The van der Waals surface area contributed by atoms with Gasteiger partial charge in [0, 0.05) is 12.1 Å². The van der Waals surface area contributed by atoms with Crippen LogP contribution >= 0.6 is 0 Å². The number of hydrogen-bond donors (Lipinski definition) is 3. The van der Waals surface area contributed by atoms with Crippen LogP contribution in [0.5, 0.6) is 0 Å². The molecule has 4 rings (SSSR count). The van der Waals surface area contributed by atoms with E-state index in [2.05, 4.69) is 15.3 Å². The molecule has 0 bridgehead atoms. The van der Waals surface area contributed by atoms with Gasteiger partial charge in [-0.25, -0.2) is 9.78 Å². The van der Waals surface area contributed by atoms with Gasteiger partial charge in [0.1, 0.15) is 18.0 Å². The molecule has 0 aliphatic carbocycles. The number of rotatable bonds is 6. The summed E-state index contributed by atoms with van der Waals surface area (Å²) < 4.78 is 38.8. The summed E-state index contributed by atoms with van der Waals surface area (Å²) in [5, 5.41) is 21.7. The van der Waals surface area contributed by atoms with E-state index in [-0.39, 0.29) is 24.5 Å². The van der Waals surface area contributed by atoms with Crippen molar-refractivity contribution in [1.29, 1.82) is 0 Å². The number of alkyl halides is 3. The first-order valence-corrected chi connectivity index (χ1v) is 11.1. The Bertz CT molecular complexity index is 1310. The van der Waals surface area contributed by atoms with E-state index in [9.17, 15) is 32.7 Å². The van der Waals surface area contributed by atoms with Crippen molar-refractivity contribution >= 4 is 23.5 Å². The number of Topliss-reactive ketones (excluding diaryl/α,β-unsaturated/α-hetero) is 1. The maximum Gasteiger partial charge on any atom is 0.434 e. The van der Waals surface area contributed by atoms with E-state index >= 15 is 0 Å². The van der Waals surface area contributed by atoms with E-state index in [1.54, 1.807) is 36.4 Å². The van der Waals surface area contributed by atoms with Gasteiger partial charge in [0.05, 0.1) is 24.5 Å². The first-order chi connectivity index (χ1) is 17.5. The fourth-order valence-electron chi connectivity index (χ4n) is 3.90. The van der Waals surface area contributed by atoms with Crippen molar-refractivity contribution < 1.29 is 37.8 Å². The third-order valence-corrected chi connectivity index (χ3v) is 5.81. The molecule has 0 unspecified atom stereocenters. The number of halogens is 3. The smallest absolute Gasteiger partial charge is 0.434 e. The number of nitrogens with zero attached hydrogens (tertiary/aromatic N) is 3. The van der Waals surface area contributed by atoms with Gasteiger partial charge in [-0.2, -0.15) is 13.2 Å². The Labute approximate surface area is 208 Å². The van der Waals surface area contributed by atoms with Gasteiger partial charge in [0.15, 0.2) is 11.5 Å². The van der Waals surface area contributed by atoms with E-state index in [0.29, 0.717) is 18.2 Å². The Morgan fingerprint density at radius 2 is 1.57 bits per heavy atom. The van der Waals surface area contributed by atoms with Gasteiger partial charge in [-0.15, -0.1) is 0 Å². The SMILES string of the molecule is O=C(O)c1ccc(Cc2ccc(C(=O)N3C[C@H](Nc4cncc(C(F)(F)F)n4)C(=O)[C@@H](O)C3)cc2)cc1. The quantitative estimate of drug-likeness (QED) is 0.458. The molecule has 1 aromatic heterocycles. The van der Waals surface area contributed by atoms with Crippen LogP contribution in [0.2, 0.25) is 0 Å². The second kappa shape index (κ2) is 10.3. The Balaban J connectivity index is 1.44. The average Bonchev–Trinajstić information content (AvgIpc) is 2.86. The molecule has 3 N–H and O–H groups in total. The zero-order valence-corrected chi connectivity index (χ0v) is 19.1. The van der Waals surface area contributed by atoms with Gasteiger partial charge < -0.3 is 20.4 Å². The molecule has 1 aliphatic heterocycles. The number of nitrogens with one attached hydrogen (secondary N) is 1. The molecule has 3 aromatic rings. The van der Waals surface area contributed by atoms with Gasteiger partial charge >= 0.3 is 12.1 Å². The number of anilines is 1. The number of carboxylic acid groups (broad SMARTS) is 1. The number of carbonyl (C=O) groups excluding carboxylic acids is 2. The molecule has 192 valence electrons. The van der Waals surface area contributed by atoms with Gasteiger partial charge in [-0.3, -0.25) is 14.6 Å². The summed E-state index contributed by atoms with van der Waals surface area (Å²) in [6.45, 7) is -0.452. The van der Waals surface area contributed by atoms with Crippen LogP contribution in [-0.2, 0) is 17.4 Å². The first-order valence-electron chi connectivity index (χ1n) is 11.1. The molecule has 2 aromatic carbocycles. The Morgan fingerprint density at radius 1 is 0.973 bits per heavy atom. The first kappa shape index (κ1) is 25.8. The summed E-state index contributed by atoms with van der Waals surface area (Å²) in [6.07, 6.45) is -4.18. The normalized spacial score (nSPS) is 17.9. The Kier molecular flexibility index (Phi) is 7.21. The molecule has 12 heteroatoms. The number of aliphatic hydroxyl groups is 1. The minimum Gasteiger partial charge on any atom is -0.478 e. The lowest BCUT2D eigenvalue weighted by Crippen LogP contribution is -2.57. The number of carboxylic acids is 1. The Morgan fingerprint density at radius 3 is 2.14 bits per heavy atom. The largest absolute Gasteiger partial charge is 0.478 e. The molecule has 2 heterocycles. The van der Waals surface area contributed by atoms with Crippen LogP contribution in [0.25, 0.3) is 0 Å². The number of hydrogen-bond acceptors (Lipinski definition) is 7. The lowest BCUT2D eigenvalue weighted by atomic mass is 9.99. The van der Waals surface area contributed by atoms with Crippen LogP contribution in [0.3, 0.4) is 0 Å². The number of amides is 1. The molecule has 37 heavy (non-hydrogen) atoms. The molecule has 9 nitrogen and oxygen atoms in total. The van der Waals surface area contributed by atoms with Crippen LogP contribution in [0.15, 0.2) is 60.9 Å². The van der Waals surface area contributed by atoms with E-state index in [0.717, 1.165) is 17.3 Å². The van der Waals surface area contributed by atoms with E-state index in [4.69, 9.17) is 5.11 Å². The number of β-amino-alcohol motifs (C(OH)–C–C–N with tert-alkyl or cyclic N) is 1. The summed E-state index contributed by atoms with van der Waals surface area (Å²) in [4.78, 5) is 44.6. The van der Waals surface area contributed by atoms with Crippen molar-refractivity contribution in [2.24, 2.45) is 0 Å². The molecule has 0 spiro atoms. The van der Waals surface area contributed by atoms with Crippen molar-refractivity contribution in [3.63, 3.8) is 0 Å². The minimum atomic E-state index is -4.73. The number of ketones is 1. The number of aromatic nitrogens is 2. The highest BCUT2D eigenvalue weighted by Crippen LogP contribution is 2.28. The highest BCUT2D eigenvalue weighted by atomic mass is 19.4. The predicted molar refractivity (Wildman–Crippen MR) is 124 cm³/mol. The molecular formula is C25H21F3N4O5. The van der Waals surface area contributed by atoms with Crippen LogP contribution in [0.4, 0.5) is 19.0 Å². The van der Waals surface area contributed by atoms with Crippen molar-refractivity contribution in [2.45, 2.75) is 24.7 Å². The third-order valence-electron chi connectivity index (χ3n) is 5.81. The summed E-state index contributed by atoms with van der Waals surface area (Å²) in [6, 6.07) is 11.9.